The second-order valence-electron chi connectivity index (χ2n) is 2.38. The van der Waals surface area contributed by atoms with E-state index < -0.39 is 37.5 Å². The second kappa shape index (κ2) is 5.03. The van der Waals surface area contributed by atoms with Crippen molar-refractivity contribution >= 4 is 11.9 Å². The summed E-state index contributed by atoms with van der Waals surface area (Å²) in [5.74, 6) is -4.27. The molecule has 0 rings (SSSR count). The number of hydrogen-bond donors (Lipinski definition) is 0. The van der Waals surface area contributed by atoms with E-state index in [0.29, 0.717) is 0 Å². The van der Waals surface area contributed by atoms with Crippen molar-refractivity contribution in [1.29, 1.82) is 0 Å². The molecule has 0 saturated heterocycles. The normalized spacial score (nSPS) is 12.1. The third-order valence-corrected chi connectivity index (χ3v) is 0.901. The van der Waals surface area contributed by atoms with Gasteiger partial charge in [0.25, 0.3) is 0 Å². The summed E-state index contributed by atoms with van der Waals surface area (Å²) in [6.07, 6.45) is -9.75. The predicted molar refractivity (Wildman–Crippen MR) is 34.0 cm³/mol. The Kier molecular flexibility index (Phi) is 4.57. The van der Waals surface area contributed by atoms with Crippen LogP contribution >= 0.6 is 0 Å². The number of alkyl halides is 6. The van der Waals surface area contributed by atoms with Gasteiger partial charge in [0.2, 0.25) is 0 Å². The average molecular weight is 254 g/mol. The molecule has 4 nitrogen and oxygen atoms in total. The Balaban J connectivity index is 3.97. The molecule has 10 heteroatoms. The first-order valence-corrected chi connectivity index (χ1v) is 3.48. The van der Waals surface area contributed by atoms with E-state index in [1.807, 2.05) is 0 Å². The zero-order valence-electron chi connectivity index (χ0n) is 7.31. The number of ether oxygens (including phenoxy) is 2. The maximum Gasteiger partial charge on any atom is 0.422 e. The van der Waals surface area contributed by atoms with Crippen LogP contribution in [0, 0.1) is 0 Å². The Morgan fingerprint density at radius 3 is 1.19 bits per heavy atom. The van der Waals surface area contributed by atoms with E-state index in [4.69, 9.17) is 0 Å². The second-order valence-corrected chi connectivity index (χ2v) is 2.38. The number of rotatable bonds is 2. The monoisotopic (exact) mass is 254 g/mol. The summed E-state index contributed by atoms with van der Waals surface area (Å²) in [6, 6.07) is 0. The Morgan fingerprint density at radius 2 is 1.00 bits per heavy atom. The Labute approximate surface area is 84.1 Å². The van der Waals surface area contributed by atoms with Gasteiger partial charge in [-0.15, -0.1) is 0 Å². The number of carbonyl (C=O) groups excluding carboxylic acids is 2. The molecule has 0 spiro atoms. The van der Waals surface area contributed by atoms with E-state index in [-0.39, 0.29) is 0 Å². The van der Waals surface area contributed by atoms with Gasteiger partial charge in [0.15, 0.2) is 13.2 Å². The summed E-state index contributed by atoms with van der Waals surface area (Å²) >= 11 is 0. The first-order valence-electron chi connectivity index (χ1n) is 3.48. The molecule has 0 amide bonds. The minimum Gasteiger partial charge on any atom is -0.448 e. The summed E-state index contributed by atoms with van der Waals surface area (Å²) in [7, 11) is 0. The molecule has 0 fully saturated rings. The van der Waals surface area contributed by atoms with Crippen molar-refractivity contribution in [2.24, 2.45) is 0 Å². The minimum atomic E-state index is -4.88. The summed E-state index contributed by atoms with van der Waals surface area (Å²) in [5, 5.41) is 0. The van der Waals surface area contributed by atoms with E-state index in [0.717, 1.165) is 0 Å². The lowest BCUT2D eigenvalue weighted by atomic mass is 10.6. The third kappa shape index (κ3) is 7.88. The number of halogens is 6. The third-order valence-electron chi connectivity index (χ3n) is 0.901. The first-order chi connectivity index (χ1) is 7.01. The maximum atomic E-state index is 11.4. The molecular formula is C6H4F6O4. The molecule has 0 N–H and O–H groups in total. The zero-order valence-corrected chi connectivity index (χ0v) is 7.31. The fourth-order valence-corrected chi connectivity index (χ4v) is 0.413. The highest BCUT2D eigenvalue weighted by Crippen LogP contribution is 2.16. The van der Waals surface area contributed by atoms with Gasteiger partial charge >= 0.3 is 24.3 Å². The Morgan fingerprint density at radius 1 is 0.750 bits per heavy atom. The van der Waals surface area contributed by atoms with Crippen LogP contribution in [0.3, 0.4) is 0 Å². The van der Waals surface area contributed by atoms with Crippen LogP contribution in [0.1, 0.15) is 0 Å². The molecule has 0 aliphatic rings. The molecule has 0 aliphatic carbocycles. The summed E-state index contributed by atoms with van der Waals surface area (Å²) < 4.78 is 75.3. The highest BCUT2D eigenvalue weighted by molar-refractivity contribution is 6.29. The van der Waals surface area contributed by atoms with Gasteiger partial charge in [0, 0.05) is 0 Å². The number of carbonyl (C=O) groups is 2. The average Bonchev–Trinajstić information content (AvgIpc) is 2.07. The van der Waals surface area contributed by atoms with Crippen molar-refractivity contribution in [3.8, 4) is 0 Å². The van der Waals surface area contributed by atoms with Gasteiger partial charge in [0.05, 0.1) is 0 Å². The predicted octanol–water partition coefficient (Wildman–Crippen LogP) is 1.20. The van der Waals surface area contributed by atoms with Crippen molar-refractivity contribution in [2.45, 2.75) is 12.4 Å². The molecule has 0 heterocycles. The highest BCUT2D eigenvalue weighted by atomic mass is 19.4. The SMILES string of the molecule is O=C(OCC(F)(F)F)C(=O)OCC(F)(F)F. The molecule has 16 heavy (non-hydrogen) atoms. The molecule has 0 unspecified atom stereocenters. The first kappa shape index (κ1) is 14.5. The van der Waals surface area contributed by atoms with E-state index in [9.17, 15) is 35.9 Å². The van der Waals surface area contributed by atoms with E-state index in [2.05, 4.69) is 9.47 Å². The molecule has 0 atom stereocenters. The van der Waals surface area contributed by atoms with Gasteiger partial charge in [-0.3, -0.25) is 0 Å². The summed E-state index contributed by atoms with van der Waals surface area (Å²) in [4.78, 5) is 20.7. The van der Waals surface area contributed by atoms with Crippen molar-refractivity contribution in [1.82, 2.24) is 0 Å². The van der Waals surface area contributed by atoms with Crippen LogP contribution in [0.4, 0.5) is 26.3 Å². The standard InChI is InChI=1S/C6H4F6O4/c7-5(8,9)1-15-3(13)4(14)16-2-6(10,11)12/h1-2H2. The van der Waals surface area contributed by atoms with Crippen LogP contribution in [-0.4, -0.2) is 37.5 Å². The molecule has 0 aromatic heterocycles. The van der Waals surface area contributed by atoms with Crippen LogP contribution in [0.15, 0.2) is 0 Å². The minimum absolute atomic E-state index is 2.08. The lowest BCUT2D eigenvalue weighted by Crippen LogP contribution is -2.29. The number of esters is 2. The molecule has 0 saturated carbocycles. The maximum absolute atomic E-state index is 11.4. The molecule has 0 aromatic carbocycles. The van der Waals surface area contributed by atoms with Crippen molar-refractivity contribution in [3.63, 3.8) is 0 Å². The Bertz CT molecular complexity index is 239. The lowest BCUT2D eigenvalue weighted by molar-refractivity contribution is -0.202. The summed E-state index contributed by atoms with van der Waals surface area (Å²) in [6.45, 7) is -4.15. The largest absolute Gasteiger partial charge is 0.448 e. The molecule has 0 bridgehead atoms. The van der Waals surface area contributed by atoms with Gasteiger partial charge in [-0.05, 0) is 0 Å². The molecule has 0 radical (unpaired) electrons. The van der Waals surface area contributed by atoms with Crippen LogP contribution in [0.5, 0.6) is 0 Å². The lowest BCUT2D eigenvalue weighted by Gasteiger charge is -2.08. The van der Waals surface area contributed by atoms with Gasteiger partial charge in [-0.2, -0.15) is 26.3 Å². The van der Waals surface area contributed by atoms with Gasteiger partial charge in [-0.1, -0.05) is 0 Å². The van der Waals surface area contributed by atoms with Gasteiger partial charge in [0.1, 0.15) is 0 Å². The topological polar surface area (TPSA) is 52.6 Å². The van der Waals surface area contributed by atoms with Crippen LogP contribution in [-0.2, 0) is 19.1 Å². The zero-order chi connectivity index (χ0) is 13.0. The van der Waals surface area contributed by atoms with Gasteiger partial charge < -0.3 is 9.47 Å². The smallest absolute Gasteiger partial charge is 0.422 e. The molecule has 0 aliphatic heterocycles. The Hall–Kier alpha value is -1.48. The summed E-state index contributed by atoms with van der Waals surface area (Å²) in [5.41, 5.74) is 0. The number of hydrogen-bond acceptors (Lipinski definition) is 4. The quantitative estimate of drug-likeness (QED) is 0.422. The van der Waals surface area contributed by atoms with E-state index >= 15 is 0 Å². The van der Waals surface area contributed by atoms with Crippen molar-refractivity contribution < 1.29 is 45.4 Å². The van der Waals surface area contributed by atoms with Crippen molar-refractivity contribution in [2.75, 3.05) is 13.2 Å². The van der Waals surface area contributed by atoms with E-state index in [1.54, 1.807) is 0 Å². The molecular weight excluding hydrogens is 250 g/mol. The highest BCUT2D eigenvalue weighted by Gasteiger charge is 2.34. The van der Waals surface area contributed by atoms with Crippen LogP contribution in [0.2, 0.25) is 0 Å². The molecule has 94 valence electrons. The fraction of sp³-hybridized carbons (Fsp3) is 0.667. The van der Waals surface area contributed by atoms with Crippen LogP contribution in [0.25, 0.3) is 0 Å². The molecule has 0 aromatic rings. The fourth-order valence-electron chi connectivity index (χ4n) is 0.413. The van der Waals surface area contributed by atoms with Gasteiger partial charge in [-0.25, -0.2) is 9.59 Å². The van der Waals surface area contributed by atoms with Crippen LogP contribution < -0.4 is 0 Å². The van der Waals surface area contributed by atoms with E-state index in [1.165, 1.54) is 0 Å². The van der Waals surface area contributed by atoms with Crippen molar-refractivity contribution in [3.05, 3.63) is 0 Å².